The minimum atomic E-state index is -4.38. The molecule has 3 rings (SSSR count). The zero-order chi connectivity index (χ0) is 15.9. The van der Waals surface area contributed by atoms with Crippen molar-refractivity contribution in [3.63, 3.8) is 0 Å². The first-order valence-corrected chi connectivity index (χ1v) is 6.73. The van der Waals surface area contributed by atoms with E-state index in [1.165, 1.54) is 16.8 Å². The summed E-state index contributed by atoms with van der Waals surface area (Å²) in [5.74, 6) is 0. The van der Waals surface area contributed by atoms with Crippen molar-refractivity contribution in [2.75, 3.05) is 0 Å². The van der Waals surface area contributed by atoms with Crippen LogP contribution in [0.1, 0.15) is 11.3 Å². The van der Waals surface area contributed by atoms with Crippen molar-refractivity contribution in [3.05, 3.63) is 58.7 Å². The van der Waals surface area contributed by atoms with Gasteiger partial charge in [-0.2, -0.15) is 18.3 Å². The van der Waals surface area contributed by atoms with Crippen molar-refractivity contribution in [3.8, 4) is 5.69 Å². The van der Waals surface area contributed by atoms with Gasteiger partial charge in [-0.25, -0.2) is 4.68 Å². The molecule has 0 aliphatic carbocycles. The van der Waals surface area contributed by atoms with E-state index in [0.717, 1.165) is 12.1 Å². The molecule has 0 saturated heterocycles. The smallest absolute Gasteiger partial charge is 0.390 e. The normalized spacial score (nSPS) is 12.0. The molecule has 0 atom stereocenters. The quantitative estimate of drug-likeness (QED) is 0.767. The number of fused-ring (bicyclic) bond motifs is 1. The zero-order valence-corrected chi connectivity index (χ0v) is 11.9. The summed E-state index contributed by atoms with van der Waals surface area (Å²) in [6.45, 7) is -0.272. The number of aliphatic hydroxyl groups excluding tert-OH is 1. The van der Waals surface area contributed by atoms with Gasteiger partial charge >= 0.3 is 6.18 Å². The summed E-state index contributed by atoms with van der Waals surface area (Å²) >= 11 is 5.96. The number of hydrogen-bond acceptors (Lipinski definition) is 2. The molecular formula is C15H10ClF3N2O. The summed E-state index contributed by atoms with van der Waals surface area (Å²) in [5, 5.41) is 14.8. The van der Waals surface area contributed by atoms with Crippen LogP contribution in [0.25, 0.3) is 16.6 Å². The Kier molecular flexibility index (Phi) is 3.58. The van der Waals surface area contributed by atoms with E-state index >= 15 is 0 Å². The Bertz CT molecular complexity index is 825. The fourth-order valence-electron chi connectivity index (χ4n) is 2.26. The Labute approximate surface area is 128 Å². The van der Waals surface area contributed by atoms with Gasteiger partial charge in [-0.05, 0) is 42.5 Å². The monoisotopic (exact) mass is 326 g/mol. The van der Waals surface area contributed by atoms with Crippen LogP contribution in [-0.4, -0.2) is 14.9 Å². The maximum atomic E-state index is 12.6. The second-order valence-corrected chi connectivity index (χ2v) is 5.16. The minimum absolute atomic E-state index is 0.272. The molecular weight excluding hydrogens is 317 g/mol. The van der Waals surface area contributed by atoms with E-state index in [0.29, 0.717) is 27.3 Å². The predicted octanol–water partition coefficient (Wildman–Crippen LogP) is 4.19. The molecule has 3 aromatic rings. The first kappa shape index (κ1) is 14.9. The van der Waals surface area contributed by atoms with Crippen LogP contribution in [0.3, 0.4) is 0 Å². The standard InChI is InChI=1S/C15H10ClF3N2O/c16-10-3-6-12-13(8-22)20-21(14(12)7-10)11-4-1-9(2-5-11)15(17,18)19/h1-7,22H,8H2. The van der Waals surface area contributed by atoms with Gasteiger partial charge in [-0.3, -0.25) is 0 Å². The van der Waals surface area contributed by atoms with Gasteiger partial charge in [0.1, 0.15) is 0 Å². The van der Waals surface area contributed by atoms with E-state index in [-0.39, 0.29) is 6.61 Å². The van der Waals surface area contributed by atoms with E-state index in [4.69, 9.17) is 11.6 Å². The summed E-state index contributed by atoms with van der Waals surface area (Å²) < 4.78 is 39.3. The van der Waals surface area contributed by atoms with E-state index in [2.05, 4.69) is 5.10 Å². The summed E-state index contributed by atoms with van der Waals surface area (Å²) in [6, 6.07) is 9.69. The molecule has 0 saturated carbocycles. The van der Waals surface area contributed by atoms with Gasteiger partial charge in [-0.15, -0.1) is 0 Å². The molecule has 2 aromatic carbocycles. The van der Waals surface area contributed by atoms with Gasteiger partial charge in [0, 0.05) is 10.4 Å². The predicted molar refractivity (Wildman–Crippen MR) is 77.0 cm³/mol. The highest BCUT2D eigenvalue weighted by molar-refractivity contribution is 6.31. The second-order valence-electron chi connectivity index (χ2n) is 4.72. The Hall–Kier alpha value is -2.05. The van der Waals surface area contributed by atoms with E-state index in [1.54, 1.807) is 18.2 Å². The van der Waals surface area contributed by atoms with E-state index in [1.807, 2.05) is 0 Å². The van der Waals surface area contributed by atoms with Crippen molar-refractivity contribution in [1.82, 2.24) is 9.78 Å². The number of hydrogen-bond donors (Lipinski definition) is 1. The third-order valence-corrected chi connectivity index (χ3v) is 3.54. The van der Waals surface area contributed by atoms with Crippen molar-refractivity contribution >= 4 is 22.5 Å². The maximum absolute atomic E-state index is 12.6. The highest BCUT2D eigenvalue weighted by Crippen LogP contribution is 2.31. The molecule has 0 aliphatic heterocycles. The molecule has 0 amide bonds. The molecule has 3 nitrogen and oxygen atoms in total. The lowest BCUT2D eigenvalue weighted by atomic mass is 10.2. The summed E-state index contributed by atoms with van der Waals surface area (Å²) in [6.07, 6.45) is -4.38. The lowest BCUT2D eigenvalue weighted by Crippen LogP contribution is -2.05. The molecule has 0 spiro atoms. The van der Waals surface area contributed by atoms with Gasteiger partial charge in [-0.1, -0.05) is 11.6 Å². The van der Waals surface area contributed by atoms with Gasteiger partial charge in [0.05, 0.1) is 29.1 Å². The van der Waals surface area contributed by atoms with Gasteiger partial charge in [0.15, 0.2) is 0 Å². The SMILES string of the molecule is OCc1nn(-c2ccc(C(F)(F)F)cc2)c2cc(Cl)ccc12. The molecule has 1 aromatic heterocycles. The van der Waals surface area contributed by atoms with Crippen LogP contribution >= 0.6 is 11.6 Å². The number of rotatable bonds is 2. The van der Waals surface area contributed by atoms with Crippen LogP contribution in [0.15, 0.2) is 42.5 Å². The Morgan fingerprint density at radius 3 is 2.36 bits per heavy atom. The molecule has 22 heavy (non-hydrogen) atoms. The average molecular weight is 327 g/mol. The fourth-order valence-corrected chi connectivity index (χ4v) is 2.42. The average Bonchev–Trinajstić information content (AvgIpc) is 2.84. The molecule has 0 radical (unpaired) electrons. The lowest BCUT2D eigenvalue weighted by Gasteiger charge is -2.08. The fraction of sp³-hybridized carbons (Fsp3) is 0.133. The van der Waals surface area contributed by atoms with Crippen molar-refractivity contribution in [1.29, 1.82) is 0 Å². The van der Waals surface area contributed by atoms with Gasteiger partial charge in [0.2, 0.25) is 0 Å². The Morgan fingerprint density at radius 1 is 1.09 bits per heavy atom. The Balaban J connectivity index is 2.15. The summed E-state index contributed by atoms with van der Waals surface area (Å²) in [4.78, 5) is 0. The first-order chi connectivity index (χ1) is 10.4. The topological polar surface area (TPSA) is 38.1 Å². The number of benzene rings is 2. The third-order valence-electron chi connectivity index (χ3n) is 3.31. The van der Waals surface area contributed by atoms with Crippen molar-refractivity contribution in [2.45, 2.75) is 12.8 Å². The van der Waals surface area contributed by atoms with Crippen LogP contribution in [0.5, 0.6) is 0 Å². The molecule has 114 valence electrons. The van der Waals surface area contributed by atoms with Gasteiger partial charge in [0.25, 0.3) is 0 Å². The summed E-state index contributed by atoms with van der Waals surface area (Å²) in [5.41, 5.74) is 0.788. The molecule has 0 unspecified atom stereocenters. The number of aromatic nitrogens is 2. The number of aliphatic hydroxyl groups is 1. The van der Waals surface area contributed by atoms with Crippen molar-refractivity contribution < 1.29 is 18.3 Å². The van der Waals surface area contributed by atoms with Crippen LogP contribution in [0, 0.1) is 0 Å². The molecule has 7 heteroatoms. The van der Waals surface area contributed by atoms with Crippen LogP contribution < -0.4 is 0 Å². The molecule has 0 aliphatic rings. The maximum Gasteiger partial charge on any atom is 0.416 e. The minimum Gasteiger partial charge on any atom is -0.390 e. The molecule has 1 N–H and O–H groups in total. The van der Waals surface area contributed by atoms with Crippen LogP contribution in [-0.2, 0) is 12.8 Å². The molecule has 1 heterocycles. The largest absolute Gasteiger partial charge is 0.416 e. The summed E-state index contributed by atoms with van der Waals surface area (Å²) in [7, 11) is 0. The highest BCUT2D eigenvalue weighted by atomic mass is 35.5. The van der Waals surface area contributed by atoms with Crippen LogP contribution in [0.4, 0.5) is 13.2 Å². The number of halogens is 4. The number of nitrogens with zero attached hydrogens (tertiary/aromatic N) is 2. The highest BCUT2D eigenvalue weighted by Gasteiger charge is 2.30. The van der Waals surface area contributed by atoms with Gasteiger partial charge < -0.3 is 5.11 Å². The third kappa shape index (κ3) is 2.55. The lowest BCUT2D eigenvalue weighted by molar-refractivity contribution is -0.137. The van der Waals surface area contributed by atoms with E-state index < -0.39 is 11.7 Å². The second kappa shape index (κ2) is 5.30. The van der Waals surface area contributed by atoms with Crippen LogP contribution in [0.2, 0.25) is 5.02 Å². The van der Waals surface area contributed by atoms with Crippen molar-refractivity contribution in [2.24, 2.45) is 0 Å². The number of alkyl halides is 3. The zero-order valence-electron chi connectivity index (χ0n) is 11.1. The molecule has 0 bridgehead atoms. The molecule has 0 fully saturated rings. The Morgan fingerprint density at radius 2 is 1.77 bits per heavy atom. The van der Waals surface area contributed by atoms with E-state index in [9.17, 15) is 18.3 Å². The first-order valence-electron chi connectivity index (χ1n) is 6.36.